The minimum Gasteiger partial charge on any atom is -0.363 e. The second kappa shape index (κ2) is 6.19. The maximum absolute atomic E-state index is 5.31. The van der Waals surface area contributed by atoms with Crippen molar-refractivity contribution in [1.29, 1.82) is 0 Å². The highest BCUT2D eigenvalue weighted by atomic mass is 32.1. The lowest BCUT2D eigenvalue weighted by atomic mass is 10.2. The van der Waals surface area contributed by atoms with Crippen molar-refractivity contribution < 1.29 is 0 Å². The number of hydrogen-bond donors (Lipinski definition) is 1. The third-order valence-corrected chi connectivity index (χ3v) is 2.23. The summed E-state index contributed by atoms with van der Waals surface area (Å²) in [5.41, 5.74) is 0. The molecule has 0 rings (SSSR count). The summed E-state index contributed by atoms with van der Waals surface area (Å²) in [7, 11) is 0. The Kier molecular flexibility index (Phi) is 6.04. The largest absolute Gasteiger partial charge is 0.363 e. The van der Waals surface area contributed by atoms with Gasteiger partial charge >= 0.3 is 0 Å². The standard InChI is InChI=1S/C10H22N2S/c1-6-7-11-10(13)12(8(2)3)9(4)5/h8-9H,6-7H2,1-5H3,(H,11,13). The van der Waals surface area contributed by atoms with Gasteiger partial charge in [0.15, 0.2) is 5.11 Å². The van der Waals surface area contributed by atoms with E-state index in [2.05, 4.69) is 44.8 Å². The summed E-state index contributed by atoms with van der Waals surface area (Å²) < 4.78 is 0. The Balaban J connectivity index is 4.13. The molecule has 0 aromatic heterocycles. The Morgan fingerprint density at radius 2 is 1.69 bits per heavy atom. The third kappa shape index (κ3) is 4.46. The molecule has 0 aromatic carbocycles. The number of hydrogen-bond acceptors (Lipinski definition) is 1. The molecule has 0 saturated heterocycles. The molecule has 0 aliphatic heterocycles. The summed E-state index contributed by atoms with van der Waals surface area (Å²) in [6, 6.07) is 0.939. The maximum Gasteiger partial charge on any atom is 0.169 e. The molecular formula is C10H22N2S. The van der Waals surface area contributed by atoms with Crippen LogP contribution in [0.5, 0.6) is 0 Å². The fourth-order valence-corrected chi connectivity index (χ4v) is 1.91. The molecule has 13 heavy (non-hydrogen) atoms. The first-order chi connectivity index (χ1) is 6.00. The van der Waals surface area contributed by atoms with Crippen LogP contribution in [0.4, 0.5) is 0 Å². The van der Waals surface area contributed by atoms with E-state index in [1.807, 2.05) is 0 Å². The lowest BCUT2D eigenvalue weighted by molar-refractivity contribution is 0.288. The monoisotopic (exact) mass is 202 g/mol. The Morgan fingerprint density at radius 1 is 1.23 bits per heavy atom. The van der Waals surface area contributed by atoms with Crippen molar-refractivity contribution >= 4 is 17.3 Å². The zero-order valence-corrected chi connectivity index (χ0v) is 10.2. The molecule has 0 saturated carbocycles. The predicted octanol–water partition coefficient (Wildman–Crippen LogP) is 2.39. The van der Waals surface area contributed by atoms with Crippen LogP contribution in [0.3, 0.4) is 0 Å². The topological polar surface area (TPSA) is 15.3 Å². The molecule has 1 N–H and O–H groups in total. The van der Waals surface area contributed by atoms with E-state index in [1.165, 1.54) is 0 Å². The number of rotatable bonds is 4. The van der Waals surface area contributed by atoms with Crippen LogP contribution in [0.25, 0.3) is 0 Å². The summed E-state index contributed by atoms with van der Waals surface area (Å²) in [4.78, 5) is 2.23. The van der Waals surface area contributed by atoms with Crippen LogP contribution < -0.4 is 5.32 Å². The first-order valence-electron chi connectivity index (χ1n) is 5.06. The van der Waals surface area contributed by atoms with E-state index in [-0.39, 0.29) is 0 Å². The number of nitrogens with zero attached hydrogens (tertiary/aromatic N) is 1. The van der Waals surface area contributed by atoms with Crippen molar-refractivity contribution in [2.45, 2.75) is 53.1 Å². The van der Waals surface area contributed by atoms with Gasteiger partial charge in [-0.15, -0.1) is 0 Å². The van der Waals surface area contributed by atoms with Gasteiger partial charge in [-0.05, 0) is 46.3 Å². The van der Waals surface area contributed by atoms with Crippen molar-refractivity contribution in [2.24, 2.45) is 0 Å². The number of thiocarbonyl (C=S) groups is 1. The summed E-state index contributed by atoms with van der Waals surface area (Å²) in [5.74, 6) is 0. The molecule has 0 aliphatic carbocycles. The molecule has 78 valence electrons. The quantitative estimate of drug-likeness (QED) is 0.705. The van der Waals surface area contributed by atoms with Crippen molar-refractivity contribution in [1.82, 2.24) is 10.2 Å². The Hall–Kier alpha value is -0.310. The van der Waals surface area contributed by atoms with Crippen LogP contribution in [0.2, 0.25) is 0 Å². The Labute approximate surface area is 87.7 Å². The smallest absolute Gasteiger partial charge is 0.169 e. The summed E-state index contributed by atoms with van der Waals surface area (Å²) in [6.45, 7) is 11.8. The predicted molar refractivity (Wildman–Crippen MR) is 63.0 cm³/mol. The van der Waals surface area contributed by atoms with E-state index in [1.54, 1.807) is 0 Å². The summed E-state index contributed by atoms with van der Waals surface area (Å²) >= 11 is 5.31. The maximum atomic E-state index is 5.31. The normalized spacial score (nSPS) is 10.7. The fourth-order valence-electron chi connectivity index (χ4n) is 1.39. The van der Waals surface area contributed by atoms with E-state index in [4.69, 9.17) is 12.2 Å². The van der Waals surface area contributed by atoms with Crippen LogP contribution in [-0.2, 0) is 0 Å². The van der Waals surface area contributed by atoms with Gasteiger partial charge in [-0.3, -0.25) is 0 Å². The molecule has 0 spiro atoms. The molecule has 3 heteroatoms. The van der Waals surface area contributed by atoms with Crippen LogP contribution in [-0.4, -0.2) is 28.6 Å². The average Bonchev–Trinajstić information content (AvgIpc) is 1.99. The van der Waals surface area contributed by atoms with Crippen LogP contribution in [0, 0.1) is 0 Å². The highest BCUT2D eigenvalue weighted by Crippen LogP contribution is 2.05. The lowest BCUT2D eigenvalue weighted by Gasteiger charge is -2.33. The van der Waals surface area contributed by atoms with E-state index < -0.39 is 0 Å². The SMILES string of the molecule is CCCNC(=S)N(C(C)C)C(C)C. The minimum atomic E-state index is 0.469. The second-order valence-electron chi connectivity index (χ2n) is 3.83. The second-order valence-corrected chi connectivity index (χ2v) is 4.21. The molecule has 2 nitrogen and oxygen atoms in total. The van der Waals surface area contributed by atoms with E-state index in [9.17, 15) is 0 Å². The minimum absolute atomic E-state index is 0.469. The van der Waals surface area contributed by atoms with Gasteiger partial charge in [0.25, 0.3) is 0 Å². The highest BCUT2D eigenvalue weighted by molar-refractivity contribution is 7.80. The molecule has 0 aliphatic rings. The fraction of sp³-hybridized carbons (Fsp3) is 0.900. The van der Waals surface area contributed by atoms with E-state index in [0.717, 1.165) is 18.1 Å². The van der Waals surface area contributed by atoms with E-state index in [0.29, 0.717) is 12.1 Å². The van der Waals surface area contributed by atoms with Gasteiger partial charge in [0.05, 0.1) is 0 Å². The van der Waals surface area contributed by atoms with Crippen LogP contribution in [0.15, 0.2) is 0 Å². The first-order valence-corrected chi connectivity index (χ1v) is 5.47. The zero-order chi connectivity index (χ0) is 10.4. The zero-order valence-electron chi connectivity index (χ0n) is 9.42. The lowest BCUT2D eigenvalue weighted by Crippen LogP contribution is -2.47. The third-order valence-electron chi connectivity index (χ3n) is 1.87. The van der Waals surface area contributed by atoms with Gasteiger partial charge in [-0.2, -0.15) is 0 Å². The van der Waals surface area contributed by atoms with Gasteiger partial charge in [0.2, 0.25) is 0 Å². The Bertz CT molecular complexity index is 147. The van der Waals surface area contributed by atoms with E-state index >= 15 is 0 Å². The summed E-state index contributed by atoms with van der Waals surface area (Å²) in [5, 5.41) is 4.13. The molecule has 0 fully saturated rings. The van der Waals surface area contributed by atoms with Gasteiger partial charge in [-0.25, -0.2) is 0 Å². The Morgan fingerprint density at radius 3 is 2.00 bits per heavy atom. The average molecular weight is 202 g/mol. The van der Waals surface area contributed by atoms with Gasteiger partial charge < -0.3 is 10.2 Å². The van der Waals surface area contributed by atoms with Crippen LogP contribution in [0.1, 0.15) is 41.0 Å². The first kappa shape index (κ1) is 12.7. The van der Waals surface area contributed by atoms with Crippen molar-refractivity contribution in [3.63, 3.8) is 0 Å². The molecular weight excluding hydrogens is 180 g/mol. The molecule has 0 amide bonds. The van der Waals surface area contributed by atoms with Gasteiger partial charge in [0, 0.05) is 18.6 Å². The van der Waals surface area contributed by atoms with Crippen LogP contribution >= 0.6 is 12.2 Å². The number of nitrogens with one attached hydrogen (secondary N) is 1. The molecule has 0 bridgehead atoms. The van der Waals surface area contributed by atoms with Crippen molar-refractivity contribution in [3.8, 4) is 0 Å². The van der Waals surface area contributed by atoms with Crippen molar-refractivity contribution in [3.05, 3.63) is 0 Å². The molecule has 0 unspecified atom stereocenters. The molecule has 0 atom stereocenters. The van der Waals surface area contributed by atoms with Gasteiger partial charge in [0.1, 0.15) is 0 Å². The molecule has 0 heterocycles. The molecule has 0 aromatic rings. The highest BCUT2D eigenvalue weighted by Gasteiger charge is 2.15. The summed E-state index contributed by atoms with van der Waals surface area (Å²) in [6.07, 6.45) is 1.12. The van der Waals surface area contributed by atoms with Crippen molar-refractivity contribution in [2.75, 3.05) is 6.54 Å². The van der Waals surface area contributed by atoms with Gasteiger partial charge in [-0.1, -0.05) is 6.92 Å². The molecule has 0 radical (unpaired) electrons.